The minimum absolute atomic E-state index is 0. The molecule has 0 aromatic heterocycles. The van der Waals surface area contributed by atoms with Crippen LogP contribution in [0, 0.1) is 17.8 Å². The molecule has 182 valence electrons. The Morgan fingerprint density at radius 2 is 1.73 bits per heavy atom. The molecule has 1 amide bonds. The van der Waals surface area contributed by atoms with Crippen molar-refractivity contribution in [1.29, 1.82) is 0 Å². The average molecular weight is 490 g/mol. The number of rotatable bonds is 8. The first kappa shape index (κ1) is 24.9. The Morgan fingerprint density at radius 3 is 2.30 bits per heavy atom. The summed E-state index contributed by atoms with van der Waals surface area (Å²) >= 11 is 1.89. The number of amidine groups is 1. The van der Waals surface area contributed by atoms with Crippen molar-refractivity contribution in [3.05, 3.63) is 29.8 Å². The van der Waals surface area contributed by atoms with E-state index < -0.39 is 0 Å². The molecule has 1 N–H and O–H groups in total. The molecule has 1 aromatic rings. The van der Waals surface area contributed by atoms with Crippen molar-refractivity contribution < 1.29 is 4.79 Å². The molecule has 1 aromatic carbocycles. The van der Waals surface area contributed by atoms with E-state index in [0.717, 1.165) is 42.2 Å². The van der Waals surface area contributed by atoms with Crippen LogP contribution in [0.4, 0.5) is 5.69 Å². The summed E-state index contributed by atoms with van der Waals surface area (Å²) in [5, 5.41) is 4.34. The second-order valence-corrected chi connectivity index (χ2v) is 11.8. The minimum atomic E-state index is 0. The lowest BCUT2D eigenvalue weighted by molar-refractivity contribution is -0.116. The van der Waals surface area contributed by atoms with Crippen LogP contribution in [-0.4, -0.2) is 39.9 Å². The fourth-order valence-corrected chi connectivity index (χ4v) is 8.47. The predicted octanol–water partition coefficient (Wildman–Crippen LogP) is 6.54. The van der Waals surface area contributed by atoms with Crippen molar-refractivity contribution in [2.24, 2.45) is 22.7 Å². The van der Waals surface area contributed by atoms with Crippen molar-refractivity contribution in [2.45, 2.75) is 89.6 Å². The third kappa shape index (κ3) is 5.56. The summed E-state index contributed by atoms with van der Waals surface area (Å²) in [5.41, 5.74) is 2.47. The second-order valence-electron chi connectivity index (χ2n) is 10.8. The first-order chi connectivity index (χ1) is 15.6. The molecule has 1 saturated heterocycles. The Hall–Kier alpha value is -1.20. The summed E-state index contributed by atoms with van der Waals surface area (Å²) in [6.07, 6.45) is 12.4. The second kappa shape index (κ2) is 10.6. The summed E-state index contributed by atoms with van der Waals surface area (Å²) in [4.78, 5) is 20.7. The van der Waals surface area contributed by atoms with Gasteiger partial charge in [0.15, 0.2) is 5.17 Å². The lowest BCUT2D eigenvalue weighted by Gasteiger charge is -2.55. The number of aliphatic imine (C=N–C) groups is 1. The SMILES string of the molecule is CCCCc1ccc(NC(=O)CC2CS/C(=N\C34CC5CC(CC(C5)C3)C4)N2CC)cc1.Cl. The molecule has 0 radical (unpaired) electrons. The maximum absolute atomic E-state index is 12.8. The van der Waals surface area contributed by atoms with Gasteiger partial charge in [-0.25, -0.2) is 0 Å². The van der Waals surface area contributed by atoms with E-state index in [1.54, 1.807) is 0 Å². The highest BCUT2D eigenvalue weighted by Crippen LogP contribution is 2.57. The van der Waals surface area contributed by atoms with Gasteiger partial charge in [-0.2, -0.15) is 0 Å². The number of aryl methyl sites for hydroxylation is 1. The molecule has 0 spiro atoms. The Balaban J connectivity index is 0.00000259. The van der Waals surface area contributed by atoms with Crippen molar-refractivity contribution >= 4 is 40.9 Å². The molecular weight excluding hydrogens is 450 g/mol. The van der Waals surface area contributed by atoms with Crippen LogP contribution in [0.3, 0.4) is 0 Å². The lowest BCUT2D eigenvalue weighted by atomic mass is 9.53. The molecule has 1 aliphatic heterocycles. The molecule has 1 heterocycles. The van der Waals surface area contributed by atoms with Gasteiger partial charge < -0.3 is 10.2 Å². The van der Waals surface area contributed by atoms with Crippen molar-refractivity contribution in [3.8, 4) is 0 Å². The number of carbonyl (C=O) groups excluding carboxylic acids is 1. The maximum atomic E-state index is 12.8. The zero-order valence-electron chi connectivity index (χ0n) is 20.2. The standard InChI is InChI=1S/C27H39N3OS.ClH/c1-3-5-6-19-7-9-23(10-8-19)28-25(31)14-24-18-32-26(30(24)4-2)29-27-15-20-11-21(16-27)13-22(12-20)17-27;/h7-10,20-22,24H,3-6,11-18H2,1-2H3,(H,28,31);1H/b29-26-;. The van der Waals surface area contributed by atoms with Gasteiger partial charge in [-0.15, -0.1) is 12.4 Å². The molecule has 33 heavy (non-hydrogen) atoms. The van der Waals surface area contributed by atoms with Crippen LogP contribution in [0.1, 0.15) is 77.2 Å². The average Bonchev–Trinajstić information content (AvgIpc) is 3.12. The molecule has 4 saturated carbocycles. The van der Waals surface area contributed by atoms with Gasteiger partial charge in [0.1, 0.15) is 0 Å². The number of thioether (sulfide) groups is 1. The fourth-order valence-electron chi connectivity index (χ4n) is 7.13. The van der Waals surface area contributed by atoms with Gasteiger partial charge in [-0.05, 0) is 93.7 Å². The van der Waals surface area contributed by atoms with Crippen molar-refractivity contribution in [1.82, 2.24) is 4.90 Å². The number of carbonyl (C=O) groups is 1. The van der Waals surface area contributed by atoms with E-state index in [9.17, 15) is 4.79 Å². The highest BCUT2D eigenvalue weighted by Gasteiger charge is 2.51. The highest BCUT2D eigenvalue weighted by molar-refractivity contribution is 8.14. The summed E-state index contributed by atoms with van der Waals surface area (Å²) in [7, 11) is 0. The van der Waals surface area contributed by atoms with E-state index in [-0.39, 0.29) is 29.9 Å². The number of halogens is 1. The Morgan fingerprint density at radius 1 is 1.09 bits per heavy atom. The smallest absolute Gasteiger partial charge is 0.226 e. The first-order valence-electron chi connectivity index (χ1n) is 12.9. The van der Waals surface area contributed by atoms with Gasteiger partial charge in [0.2, 0.25) is 5.91 Å². The molecule has 4 bridgehead atoms. The summed E-state index contributed by atoms with van der Waals surface area (Å²) in [6.45, 7) is 5.36. The zero-order valence-corrected chi connectivity index (χ0v) is 21.9. The monoisotopic (exact) mass is 489 g/mol. The Bertz CT molecular complexity index is 820. The number of nitrogens with zero attached hydrogens (tertiary/aromatic N) is 2. The Labute approximate surface area is 210 Å². The molecule has 1 atom stereocenters. The maximum Gasteiger partial charge on any atom is 0.226 e. The molecule has 4 aliphatic carbocycles. The minimum Gasteiger partial charge on any atom is -0.347 e. The molecule has 4 nitrogen and oxygen atoms in total. The van der Waals surface area contributed by atoms with Crippen molar-refractivity contribution in [2.75, 3.05) is 17.6 Å². The summed E-state index contributed by atoms with van der Waals surface area (Å²) in [6, 6.07) is 8.63. The van der Waals surface area contributed by atoms with E-state index in [2.05, 4.69) is 36.2 Å². The third-order valence-electron chi connectivity index (χ3n) is 8.25. The molecule has 6 rings (SSSR count). The molecular formula is C27H40ClN3OS. The molecule has 6 heteroatoms. The van der Waals surface area contributed by atoms with Crippen LogP contribution in [0.5, 0.6) is 0 Å². The Kier molecular flexibility index (Phi) is 8.00. The fraction of sp³-hybridized carbons (Fsp3) is 0.704. The molecule has 5 fully saturated rings. The quantitative estimate of drug-likeness (QED) is 0.450. The summed E-state index contributed by atoms with van der Waals surface area (Å²) in [5.74, 6) is 3.85. The van der Waals surface area contributed by atoms with Crippen LogP contribution in [0.15, 0.2) is 29.3 Å². The topological polar surface area (TPSA) is 44.7 Å². The van der Waals surface area contributed by atoms with Crippen LogP contribution in [-0.2, 0) is 11.2 Å². The number of nitrogens with one attached hydrogen (secondary N) is 1. The molecule has 1 unspecified atom stereocenters. The van der Waals surface area contributed by atoms with Crippen LogP contribution < -0.4 is 5.32 Å². The number of anilines is 1. The van der Waals surface area contributed by atoms with Crippen molar-refractivity contribution in [3.63, 3.8) is 0 Å². The largest absolute Gasteiger partial charge is 0.347 e. The molecule has 5 aliphatic rings. The normalized spacial score (nSPS) is 33.4. The van der Waals surface area contributed by atoms with Crippen LogP contribution in [0.25, 0.3) is 0 Å². The van der Waals surface area contributed by atoms with Gasteiger partial charge >= 0.3 is 0 Å². The lowest BCUT2D eigenvalue weighted by Crippen LogP contribution is -2.50. The predicted molar refractivity (Wildman–Crippen MR) is 143 cm³/mol. The van der Waals surface area contributed by atoms with Gasteiger partial charge in [-0.1, -0.05) is 37.2 Å². The third-order valence-corrected chi connectivity index (χ3v) is 9.38. The van der Waals surface area contributed by atoms with E-state index in [4.69, 9.17) is 4.99 Å². The van der Waals surface area contributed by atoms with Gasteiger partial charge in [0.05, 0.1) is 5.54 Å². The van der Waals surface area contributed by atoms with Crippen LogP contribution in [0.2, 0.25) is 0 Å². The van der Waals surface area contributed by atoms with E-state index in [1.807, 2.05) is 23.9 Å². The number of benzene rings is 1. The van der Waals surface area contributed by atoms with E-state index >= 15 is 0 Å². The first-order valence-corrected chi connectivity index (χ1v) is 13.9. The van der Waals surface area contributed by atoms with Crippen LogP contribution >= 0.6 is 24.2 Å². The highest BCUT2D eigenvalue weighted by atomic mass is 35.5. The summed E-state index contributed by atoms with van der Waals surface area (Å²) < 4.78 is 0. The van der Waals surface area contributed by atoms with E-state index in [1.165, 1.54) is 62.1 Å². The van der Waals surface area contributed by atoms with Gasteiger partial charge in [-0.3, -0.25) is 9.79 Å². The number of amides is 1. The van der Waals surface area contributed by atoms with E-state index in [0.29, 0.717) is 6.42 Å². The number of hydrogen-bond donors (Lipinski definition) is 1. The zero-order chi connectivity index (χ0) is 22.1. The number of unbranched alkanes of at least 4 members (excludes halogenated alkanes) is 1. The van der Waals surface area contributed by atoms with Gasteiger partial charge in [0, 0.05) is 30.4 Å². The van der Waals surface area contributed by atoms with Gasteiger partial charge in [0.25, 0.3) is 0 Å². The number of hydrogen-bond acceptors (Lipinski definition) is 3.